The number of benzene rings is 3. The summed E-state index contributed by atoms with van der Waals surface area (Å²) in [6.45, 7) is 0.457. The molecule has 2 amide bonds. The monoisotopic (exact) mass is 482 g/mol. The van der Waals surface area contributed by atoms with Crippen LogP contribution in [0, 0.1) is 5.82 Å². The van der Waals surface area contributed by atoms with Gasteiger partial charge in [0.05, 0.1) is 19.3 Å². The molecule has 1 spiro atoms. The van der Waals surface area contributed by atoms with E-state index in [2.05, 4.69) is 0 Å². The Morgan fingerprint density at radius 3 is 2.73 bits per heavy atom. The maximum atomic E-state index is 14.5. The third kappa shape index (κ3) is 3.47. The lowest BCUT2D eigenvalue weighted by Crippen LogP contribution is -2.50. The molecule has 168 valence electrons. The molecule has 0 aromatic heterocycles. The summed E-state index contributed by atoms with van der Waals surface area (Å²) in [4.78, 5) is 29.5. The summed E-state index contributed by atoms with van der Waals surface area (Å²) in [7, 11) is 1.55. The van der Waals surface area contributed by atoms with Crippen molar-refractivity contribution >= 4 is 40.9 Å². The van der Waals surface area contributed by atoms with Gasteiger partial charge in [-0.05, 0) is 42.5 Å². The fourth-order valence-corrected chi connectivity index (χ4v) is 6.09. The molecule has 5 rings (SSSR count). The van der Waals surface area contributed by atoms with Gasteiger partial charge in [0.25, 0.3) is 11.8 Å². The van der Waals surface area contributed by atoms with Crippen LogP contribution in [0.3, 0.4) is 0 Å². The van der Waals surface area contributed by atoms with Gasteiger partial charge >= 0.3 is 0 Å². The Morgan fingerprint density at radius 1 is 1.15 bits per heavy atom. The Hall–Kier alpha value is -3.03. The van der Waals surface area contributed by atoms with Gasteiger partial charge in [-0.1, -0.05) is 35.9 Å². The van der Waals surface area contributed by atoms with E-state index >= 15 is 0 Å². The van der Waals surface area contributed by atoms with E-state index in [1.165, 1.54) is 17.8 Å². The lowest BCUT2D eigenvalue weighted by molar-refractivity contribution is -0.123. The SMILES string of the molecule is COc1ccc2c(c1)C1(SCCN1C(=O)c1cccc(Cl)c1)C(=O)N2Cc1ccccc1F. The molecule has 5 nitrogen and oxygen atoms in total. The second kappa shape index (κ2) is 8.39. The Labute approximate surface area is 200 Å². The van der Waals surface area contributed by atoms with Gasteiger partial charge in [-0.25, -0.2) is 4.39 Å². The van der Waals surface area contributed by atoms with Gasteiger partial charge in [0.2, 0.25) is 0 Å². The first kappa shape index (κ1) is 21.8. The van der Waals surface area contributed by atoms with Crippen molar-refractivity contribution in [1.29, 1.82) is 0 Å². The van der Waals surface area contributed by atoms with Gasteiger partial charge in [0, 0.05) is 34.0 Å². The molecular formula is C25H20ClFN2O3S. The Morgan fingerprint density at radius 2 is 1.97 bits per heavy atom. The summed E-state index contributed by atoms with van der Waals surface area (Å²) in [5.41, 5.74) is 2.12. The van der Waals surface area contributed by atoms with E-state index in [0.717, 1.165) is 0 Å². The van der Waals surface area contributed by atoms with E-state index in [9.17, 15) is 14.0 Å². The largest absolute Gasteiger partial charge is 0.497 e. The summed E-state index contributed by atoms with van der Waals surface area (Å²) in [6, 6.07) is 18.4. The van der Waals surface area contributed by atoms with Gasteiger partial charge < -0.3 is 14.5 Å². The maximum absolute atomic E-state index is 14.5. The molecule has 1 fully saturated rings. The van der Waals surface area contributed by atoms with Crippen LogP contribution in [0.25, 0.3) is 0 Å². The molecule has 3 aromatic rings. The van der Waals surface area contributed by atoms with Crippen molar-refractivity contribution < 1.29 is 18.7 Å². The zero-order chi connectivity index (χ0) is 23.2. The molecule has 2 heterocycles. The molecule has 0 N–H and O–H groups in total. The Bertz CT molecular complexity index is 1270. The average Bonchev–Trinajstić information content (AvgIpc) is 3.36. The van der Waals surface area contributed by atoms with Crippen molar-refractivity contribution in [2.24, 2.45) is 0 Å². The minimum Gasteiger partial charge on any atom is -0.497 e. The van der Waals surface area contributed by atoms with Gasteiger partial charge in [0.15, 0.2) is 4.87 Å². The fraction of sp³-hybridized carbons (Fsp3) is 0.200. The van der Waals surface area contributed by atoms with Crippen molar-refractivity contribution in [1.82, 2.24) is 4.90 Å². The summed E-state index contributed by atoms with van der Waals surface area (Å²) in [5.74, 6) is 0.232. The zero-order valence-corrected chi connectivity index (χ0v) is 19.3. The summed E-state index contributed by atoms with van der Waals surface area (Å²) in [5, 5.41) is 0.447. The van der Waals surface area contributed by atoms with Crippen LogP contribution < -0.4 is 9.64 Å². The molecule has 8 heteroatoms. The number of hydrogen-bond donors (Lipinski definition) is 0. The van der Waals surface area contributed by atoms with E-state index in [-0.39, 0.29) is 24.2 Å². The number of carbonyl (C=O) groups excluding carboxylic acids is 2. The third-order valence-electron chi connectivity index (χ3n) is 6.00. The summed E-state index contributed by atoms with van der Waals surface area (Å²) < 4.78 is 19.9. The standard InChI is InChI=1S/C25H20ClFN2O3S/c1-32-19-9-10-22-20(14-19)25(24(31)28(22)15-17-5-2-3-8-21(17)27)29(11-12-33-25)23(30)16-6-4-7-18(26)13-16/h2-10,13-14H,11-12,15H2,1H3. The molecule has 3 aromatic carbocycles. The highest BCUT2D eigenvalue weighted by atomic mass is 35.5. The highest BCUT2D eigenvalue weighted by Crippen LogP contribution is 2.55. The molecular weight excluding hydrogens is 463 g/mol. The minimum absolute atomic E-state index is 0.0618. The highest BCUT2D eigenvalue weighted by Gasteiger charge is 2.59. The van der Waals surface area contributed by atoms with Crippen molar-refractivity contribution in [2.75, 3.05) is 24.3 Å². The third-order valence-corrected chi connectivity index (χ3v) is 7.66. The molecule has 2 aliphatic rings. The summed E-state index contributed by atoms with van der Waals surface area (Å²) in [6.07, 6.45) is 0. The van der Waals surface area contributed by atoms with Gasteiger partial charge in [-0.2, -0.15) is 0 Å². The molecule has 33 heavy (non-hydrogen) atoms. The van der Waals surface area contributed by atoms with Crippen molar-refractivity contribution in [3.05, 3.63) is 94.3 Å². The number of ether oxygens (including phenoxy) is 1. The number of nitrogens with zero attached hydrogens (tertiary/aromatic N) is 2. The molecule has 0 radical (unpaired) electrons. The minimum atomic E-state index is -1.26. The molecule has 0 saturated carbocycles. The van der Waals surface area contributed by atoms with E-state index in [1.54, 1.807) is 77.6 Å². The molecule has 0 aliphatic carbocycles. The van der Waals surface area contributed by atoms with Crippen molar-refractivity contribution in [3.8, 4) is 5.75 Å². The number of fused-ring (bicyclic) bond motifs is 2. The normalized spacial score (nSPS) is 19.3. The smallest absolute Gasteiger partial charge is 0.268 e. The van der Waals surface area contributed by atoms with Crippen LogP contribution >= 0.6 is 23.4 Å². The van der Waals surface area contributed by atoms with Crippen LogP contribution in [0.5, 0.6) is 5.75 Å². The number of anilines is 1. The fourth-order valence-electron chi connectivity index (χ4n) is 4.45. The van der Waals surface area contributed by atoms with Gasteiger partial charge in [-0.3, -0.25) is 9.59 Å². The van der Waals surface area contributed by atoms with Crippen molar-refractivity contribution in [2.45, 2.75) is 11.4 Å². The van der Waals surface area contributed by atoms with Gasteiger partial charge in [0.1, 0.15) is 11.6 Å². The van der Waals surface area contributed by atoms with Crippen LogP contribution in [0.15, 0.2) is 66.7 Å². The first-order chi connectivity index (χ1) is 16.0. The summed E-state index contributed by atoms with van der Waals surface area (Å²) >= 11 is 7.53. The Balaban J connectivity index is 1.63. The molecule has 1 atom stereocenters. The first-order valence-electron chi connectivity index (χ1n) is 10.4. The molecule has 1 saturated heterocycles. The van der Waals surface area contributed by atoms with Crippen LogP contribution in [-0.4, -0.2) is 36.1 Å². The Kier molecular flexibility index (Phi) is 5.54. The van der Waals surface area contributed by atoms with Crippen LogP contribution in [-0.2, 0) is 16.2 Å². The predicted molar refractivity (Wildman–Crippen MR) is 127 cm³/mol. The predicted octanol–water partition coefficient (Wildman–Crippen LogP) is 5.08. The number of amides is 2. The maximum Gasteiger partial charge on any atom is 0.268 e. The second-order valence-corrected chi connectivity index (χ2v) is 9.55. The quantitative estimate of drug-likeness (QED) is 0.520. The van der Waals surface area contributed by atoms with Crippen LogP contribution in [0.4, 0.5) is 10.1 Å². The highest BCUT2D eigenvalue weighted by molar-refractivity contribution is 8.01. The average molecular weight is 483 g/mol. The van der Waals surface area contributed by atoms with Crippen LogP contribution in [0.2, 0.25) is 5.02 Å². The lowest BCUT2D eigenvalue weighted by atomic mass is 10.0. The van der Waals surface area contributed by atoms with E-state index in [1.807, 2.05) is 0 Å². The second-order valence-electron chi connectivity index (χ2n) is 7.83. The van der Waals surface area contributed by atoms with Crippen LogP contribution in [0.1, 0.15) is 21.5 Å². The van der Waals surface area contributed by atoms with Gasteiger partial charge in [-0.15, -0.1) is 11.8 Å². The van der Waals surface area contributed by atoms with Crippen molar-refractivity contribution in [3.63, 3.8) is 0 Å². The molecule has 1 unspecified atom stereocenters. The van der Waals surface area contributed by atoms with E-state index < -0.39 is 4.87 Å². The number of rotatable bonds is 4. The number of thioether (sulfide) groups is 1. The van der Waals surface area contributed by atoms with E-state index in [4.69, 9.17) is 16.3 Å². The number of carbonyl (C=O) groups is 2. The number of hydrogen-bond acceptors (Lipinski definition) is 4. The molecule has 0 bridgehead atoms. The number of halogens is 2. The molecule has 2 aliphatic heterocycles. The van der Waals surface area contributed by atoms with E-state index in [0.29, 0.717) is 45.4 Å². The lowest BCUT2D eigenvalue weighted by Gasteiger charge is -2.33. The topological polar surface area (TPSA) is 49.9 Å². The first-order valence-corrected chi connectivity index (χ1v) is 11.8. The number of methoxy groups -OCH3 is 1. The zero-order valence-electron chi connectivity index (χ0n) is 17.8.